The van der Waals surface area contributed by atoms with Crippen molar-refractivity contribution in [1.82, 2.24) is 0 Å². The molecule has 86 valence electrons. The zero-order chi connectivity index (χ0) is 11.5. The molecule has 3 heteroatoms. The van der Waals surface area contributed by atoms with Crippen molar-refractivity contribution in [2.75, 3.05) is 7.11 Å². The van der Waals surface area contributed by atoms with Crippen LogP contribution in [-0.4, -0.2) is 13.1 Å². The predicted molar refractivity (Wildman–Crippen MR) is 66.2 cm³/mol. The van der Waals surface area contributed by atoms with Crippen LogP contribution in [0.15, 0.2) is 28.7 Å². The maximum Gasteiger partial charge on any atom is 0.309 e. The molecule has 0 aliphatic heterocycles. The largest absolute Gasteiger partial charge is 0.469 e. The summed E-state index contributed by atoms with van der Waals surface area (Å²) in [6.45, 7) is 0. The maximum absolute atomic E-state index is 11.6. The average Bonchev–Trinajstić information content (AvgIpc) is 2.78. The summed E-state index contributed by atoms with van der Waals surface area (Å²) >= 11 is 3.42. The summed E-state index contributed by atoms with van der Waals surface area (Å²) in [6.07, 6.45) is 3.15. The molecule has 0 bridgehead atoms. The monoisotopic (exact) mass is 282 g/mol. The molecule has 1 aliphatic rings. The van der Waals surface area contributed by atoms with Crippen molar-refractivity contribution >= 4 is 21.9 Å². The Kier molecular flexibility index (Phi) is 3.64. The molecule has 1 aliphatic carbocycles. The summed E-state index contributed by atoms with van der Waals surface area (Å²) in [7, 11) is 1.47. The van der Waals surface area contributed by atoms with Crippen LogP contribution in [0.5, 0.6) is 0 Å². The van der Waals surface area contributed by atoms with Gasteiger partial charge in [0, 0.05) is 4.47 Å². The first-order chi connectivity index (χ1) is 7.72. The van der Waals surface area contributed by atoms with Gasteiger partial charge in [-0.2, -0.15) is 0 Å². The van der Waals surface area contributed by atoms with Gasteiger partial charge in [-0.3, -0.25) is 4.79 Å². The standard InChI is InChI=1S/C13H15BrO2/c1-16-13(15)12-4-2-3-11(12)9-5-7-10(14)8-6-9/h5-8,11-12H,2-4H2,1H3/t11-,12+/m1/s1. The molecule has 16 heavy (non-hydrogen) atoms. The number of carbonyl (C=O) groups is 1. The first-order valence-electron chi connectivity index (χ1n) is 5.55. The second kappa shape index (κ2) is 5.00. The van der Waals surface area contributed by atoms with Gasteiger partial charge in [-0.1, -0.05) is 34.5 Å². The van der Waals surface area contributed by atoms with E-state index in [2.05, 4.69) is 28.1 Å². The van der Waals surface area contributed by atoms with Gasteiger partial charge in [0.15, 0.2) is 0 Å². The Hall–Kier alpha value is -0.830. The highest BCUT2D eigenvalue weighted by molar-refractivity contribution is 9.10. The van der Waals surface area contributed by atoms with Gasteiger partial charge in [0.05, 0.1) is 13.0 Å². The summed E-state index contributed by atoms with van der Waals surface area (Å²) in [6, 6.07) is 8.25. The van der Waals surface area contributed by atoms with Crippen molar-refractivity contribution in [2.24, 2.45) is 5.92 Å². The number of methoxy groups -OCH3 is 1. The molecule has 0 amide bonds. The Labute approximate surface area is 104 Å². The van der Waals surface area contributed by atoms with Crippen LogP contribution >= 0.6 is 15.9 Å². The zero-order valence-corrected chi connectivity index (χ0v) is 10.9. The fourth-order valence-electron chi connectivity index (χ4n) is 2.50. The SMILES string of the molecule is COC(=O)[C@H]1CCC[C@@H]1c1ccc(Br)cc1. The number of rotatable bonds is 2. The van der Waals surface area contributed by atoms with Gasteiger partial charge in [0.25, 0.3) is 0 Å². The number of halogens is 1. The van der Waals surface area contributed by atoms with E-state index in [0.29, 0.717) is 5.92 Å². The van der Waals surface area contributed by atoms with E-state index in [1.807, 2.05) is 12.1 Å². The average molecular weight is 283 g/mol. The lowest BCUT2D eigenvalue weighted by molar-refractivity contribution is -0.145. The molecule has 0 radical (unpaired) electrons. The molecule has 0 N–H and O–H groups in total. The van der Waals surface area contributed by atoms with Crippen LogP contribution in [0.2, 0.25) is 0 Å². The number of esters is 1. The number of carbonyl (C=O) groups excluding carboxylic acids is 1. The molecule has 0 aromatic heterocycles. The minimum absolute atomic E-state index is 0.0474. The second-order valence-corrected chi connectivity index (χ2v) is 5.13. The molecule has 2 atom stereocenters. The maximum atomic E-state index is 11.6. The molecule has 1 fully saturated rings. The Bertz CT molecular complexity index is 372. The van der Waals surface area contributed by atoms with Crippen molar-refractivity contribution < 1.29 is 9.53 Å². The number of hydrogen-bond donors (Lipinski definition) is 0. The van der Waals surface area contributed by atoms with Crippen molar-refractivity contribution in [2.45, 2.75) is 25.2 Å². The van der Waals surface area contributed by atoms with E-state index in [-0.39, 0.29) is 11.9 Å². The van der Waals surface area contributed by atoms with E-state index >= 15 is 0 Å². The Morgan fingerprint density at radius 3 is 2.62 bits per heavy atom. The summed E-state index contributed by atoms with van der Waals surface area (Å²) in [5.74, 6) is 0.317. The van der Waals surface area contributed by atoms with E-state index in [1.165, 1.54) is 12.7 Å². The highest BCUT2D eigenvalue weighted by atomic mass is 79.9. The highest BCUT2D eigenvalue weighted by Gasteiger charge is 2.34. The minimum atomic E-state index is -0.0644. The molecule has 1 saturated carbocycles. The summed E-state index contributed by atoms with van der Waals surface area (Å²) in [4.78, 5) is 11.6. The van der Waals surface area contributed by atoms with Gasteiger partial charge < -0.3 is 4.74 Å². The molecule has 0 saturated heterocycles. The van der Waals surface area contributed by atoms with Crippen LogP contribution in [0.4, 0.5) is 0 Å². The van der Waals surface area contributed by atoms with Gasteiger partial charge >= 0.3 is 5.97 Å². The van der Waals surface area contributed by atoms with Gasteiger partial charge in [-0.25, -0.2) is 0 Å². The fourth-order valence-corrected chi connectivity index (χ4v) is 2.77. The third kappa shape index (κ3) is 2.29. The van der Waals surface area contributed by atoms with E-state index < -0.39 is 0 Å². The zero-order valence-electron chi connectivity index (χ0n) is 9.28. The van der Waals surface area contributed by atoms with E-state index in [1.54, 1.807) is 0 Å². The normalized spacial score (nSPS) is 24.4. The Balaban J connectivity index is 2.19. The molecule has 2 rings (SSSR count). The summed E-state index contributed by atoms with van der Waals surface area (Å²) < 4.78 is 5.93. The van der Waals surface area contributed by atoms with Crippen LogP contribution in [0.1, 0.15) is 30.7 Å². The first-order valence-corrected chi connectivity index (χ1v) is 6.35. The topological polar surface area (TPSA) is 26.3 Å². The van der Waals surface area contributed by atoms with Crippen LogP contribution in [0.3, 0.4) is 0 Å². The van der Waals surface area contributed by atoms with Crippen molar-refractivity contribution in [3.63, 3.8) is 0 Å². The third-order valence-electron chi connectivity index (χ3n) is 3.32. The van der Waals surface area contributed by atoms with Crippen LogP contribution < -0.4 is 0 Å². The number of hydrogen-bond acceptors (Lipinski definition) is 2. The fraction of sp³-hybridized carbons (Fsp3) is 0.462. The molecule has 0 heterocycles. The van der Waals surface area contributed by atoms with Crippen LogP contribution in [0.25, 0.3) is 0 Å². The van der Waals surface area contributed by atoms with Crippen LogP contribution in [-0.2, 0) is 9.53 Å². The third-order valence-corrected chi connectivity index (χ3v) is 3.85. The first kappa shape index (κ1) is 11.6. The number of benzene rings is 1. The van der Waals surface area contributed by atoms with Crippen molar-refractivity contribution in [3.8, 4) is 0 Å². The minimum Gasteiger partial charge on any atom is -0.469 e. The van der Waals surface area contributed by atoms with Gasteiger partial charge in [0.1, 0.15) is 0 Å². The second-order valence-electron chi connectivity index (χ2n) is 4.22. The van der Waals surface area contributed by atoms with Crippen LogP contribution in [0, 0.1) is 5.92 Å². The van der Waals surface area contributed by atoms with E-state index in [9.17, 15) is 4.79 Å². The quantitative estimate of drug-likeness (QED) is 0.776. The summed E-state index contributed by atoms with van der Waals surface area (Å²) in [5, 5.41) is 0. The molecule has 2 nitrogen and oxygen atoms in total. The molecule has 1 aromatic carbocycles. The lowest BCUT2D eigenvalue weighted by Crippen LogP contribution is -2.18. The van der Waals surface area contributed by atoms with E-state index in [0.717, 1.165) is 23.7 Å². The molecule has 0 unspecified atom stereocenters. The van der Waals surface area contributed by atoms with Gasteiger partial charge in [0.2, 0.25) is 0 Å². The van der Waals surface area contributed by atoms with Crippen molar-refractivity contribution in [3.05, 3.63) is 34.3 Å². The molecular formula is C13H15BrO2. The Morgan fingerprint density at radius 1 is 1.31 bits per heavy atom. The Morgan fingerprint density at radius 2 is 2.00 bits per heavy atom. The van der Waals surface area contributed by atoms with E-state index in [4.69, 9.17) is 4.74 Å². The lowest BCUT2D eigenvalue weighted by atomic mass is 9.89. The van der Waals surface area contributed by atoms with Gasteiger partial charge in [-0.05, 0) is 36.5 Å². The molecule has 1 aromatic rings. The predicted octanol–water partition coefficient (Wildman–Crippen LogP) is 3.51. The molecule has 0 spiro atoms. The lowest BCUT2D eigenvalue weighted by Gasteiger charge is -2.17. The van der Waals surface area contributed by atoms with Crippen molar-refractivity contribution in [1.29, 1.82) is 0 Å². The highest BCUT2D eigenvalue weighted by Crippen LogP contribution is 2.40. The molecular weight excluding hydrogens is 268 g/mol. The number of ether oxygens (including phenoxy) is 1. The summed E-state index contributed by atoms with van der Waals surface area (Å²) in [5.41, 5.74) is 1.25. The van der Waals surface area contributed by atoms with Gasteiger partial charge in [-0.15, -0.1) is 0 Å². The smallest absolute Gasteiger partial charge is 0.309 e.